The zero-order valence-corrected chi connectivity index (χ0v) is 12.2. The van der Waals surface area contributed by atoms with Crippen LogP contribution in [0.15, 0.2) is 29.1 Å². The summed E-state index contributed by atoms with van der Waals surface area (Å²) in [6.07, 6.45) is 0.508. The molecule has 112 valence electrons. The van der Waals surface area contributed by atoms with Crippen LogP contribution in [0.5, 0.6) is 0 Å². The Hall–Kier alpha value is -2.37. The van der Waals surface area contributed by atoms with Crippen molar-refractivity contribution in [3.8, 4) is 5.69 Å². The van der Waals surface area contributed by atoms with Gasteiger partial charge < -0.3 is 4.74 Å². The predicted octanol–water partition coefficient (Wildman–Crippen LogP) is 2.05. The lowest BCUT2D eigenvalue weighted by Crippen LogP contribution is -2.23. The lowest BCUT2D eigenvalue weighted by atomic mass is 10.2. The normalized spacial score (nSPS) is 10.7. The molecule has 0 fully saturated rings. The minimum Gasteiger partial charge on any atom is -0.462 e. The van der Waals surface area contributed by atoms with Gasteiger partial charge in [0.1, 0.15) is 11.4 Å². The molecule has 0 amide bonds. The van der Waals surface area contributed by atoms with Crippen molar-refractivity contribution in [2.24, 2.45) is 7.05 Å². The molecule has 1 heterocycles. The van der Waals surface area contributed by atoms with Gasteiger partial charge in [-0.25, -0.2) is 13.9 Å². The van der Waals surface area contributed by atoms with E-state index in [4.69, 9.17) is 4.74 Å². The lowest BCUT2D eigenvalue weighted by Gasteiger charge is -2.09. The van der Waals surface area contributed by atoms with Crippen LogP contribution in [0.2, 0.25) is 0 Å². The van der Waals surface area contributed by atoms with Crippen LogP contribution in [0.4, 0.5) is 4.39 Å². The second-order valence-corrected chi connectivity index (χ2v) is 4.51. The quantitative estimate of drug-likeness (QED) is 0.810. The second-order valence-electron chi connectivity index (χ2n) is 4.51. The molecule has 0 saturated heterocycles. The maximum Gasteiger partial charge on any atom is 0.345 e. The average Bonchev–Trinajstić information content (AvgIpc) is 2.71. The van der Waals surface area contributed by atoms with Gasteiger partial charge >= 0.3 is 5.97 Å². The van der Waals surface area contributed by atoms with Gasteiger partial charge in [0.05, 0.1) is 18.0 Å². The molecule has 21 heavy (non-hydrogen) atoms. The Morgan fingerprint density at radius 3 is 2.38 bits per heavy atom. The first-order valence-corrected chi connectivity index (χ1v) is 6.75. The highest BCUT2D eigenvalue weighted by atomic mass is 19.1. The molecule has 6 heteroatoms. The monoisotopic (exact) mass is 292 g/mol. The summed E-state index contributed by atoms with van der Waals surface area (Å²) in [5.41, 5.74) is 0.655. The topological polar surface area (TPSA) is 53.2 Å². The Morgan fingerprint density at radius 1 is 1.24 bits per heavy atom. The van der Waals surface area contributed by atoms with Crippen molar-refractivity contribution >= 4 is 5.97 Å². The van der Waals surface area contributed by atoms with Gasteiger partial charge in [-0.2, -0.15) is 0 Å². The zero-order chi connectivity index (χ0) is 15.6. The van der Waals surface area contributed by atoms with Gasteiger partial charge in [0, 0.05) is 7.05 Å². The summed E-state index contributed by atoms with van der Waals surface area (Å²) >= 11 is 0. The van der Waals surface area contributed by atoms with Crippen molar-refractivity contribution in [3.63, 3.8) is 0 Å². The number of hydrogen-bond donors (Lipinski definition) is 0. The highest BCUT2D eigenvalue weighted by Crippen LogP contribution is 2.13. The largest absolute Gasteiger partial charge is 0.462 e. The third-order valence-corrected chi connectivity index (χ3v) is 3.27. The number of carbonyl (C=O) groups excluding carboxylic acids is 1. The Labute approximate surface area is 121 Å². The van der Waals surface area contributed by atoms with E-state index in [0.717, 1.165) is 0 Å². The van der Waals surface area contributed by atoms with Crippen molar-refractivity contribution in [1.82, 2.24) is 9.36 Å². The first-order valence-electron chi connectivity index (χ1n) is 6.75. The lowest BCUT2D eigenvalue weighted by molar-refractivity contribution is 0.0523. The number of ether oxygens (including phenoxy) is 1. The highest BCUT2D eigenvalue weighted by Gasteiger charge is 2.24. The molecule has 2 aromatic rings. The molecule has 0 atom stereocenters. The SMILES string of the molecule is CCOC(=O)c1c(CC)n(C)n(-c2ccc(F)cc2)c1=O. The van der Waals surface area contributed by atoms with Crippen LogP contribution in [0.25, 0.3) is 5.69 Å². The number of rotatable bonds is 4. The van der Waals surface area contributed by atoms with Crippen LogP contribution < -0.4 is 5.56 Å². The van der Waals surface area contributed by atoms with Crippen LogP contribution in [-0.2, 0) is 18.2 Å². The van der Waals surface area contributed by atoms with Gasteiger partial charge in [-0.05, 0) is 37.6 Å². The Bertz CT molecular complexity index is 714. The van der Waals surface area contributed by atoms with E-state index in [0.29, 0.717) is 17.8 Å². The summed E-state index contributed by atoms with van der Waals surface area (Å²) in [4.78, 5) is 24.5. The summed E-state index contributed by atoms with van der Waals surface area (Å²) < 4.78 is 20.9. The summed E-state index contributed by atoms with van der Waals surface area (Å²) in [5, 5.41) is 0. The first-order chi connectivity index (χ1) is 10.0. The zero-order valence-electron chi connectivity index (χ0n) is 12.2. The van der Waals surface area contributed by atoms with Crippen molar-refractivity contribution in [2.75, 3.05) is 6.61 Å². The van der Waals surface area contributed by atoms with Gasteiger partial charge in [-0.3, -0.25) is 9.48 Å². The molecular weight excluding hydrogens is 275 g/mol. The molecule has 0 aliphatic rings. The average molecular weight is 292 g/mol. The highest BCUT2D eigenvalue weighted by molar-refractivity contribution is 5.90. The predicted molar refractivity (Wildman–Crippen MR) is 76.3 cm³/mol. The minimum absolute atomic E-state index is 0.0335. The van der Waals surface area contributed by atoms with Crippen LogP contribution in [0, 0.1) is 5.82 Å². The summed E-state index contributed by atoms with van der Waals surface area (Å²) in [6, 6.07) is 5.52. The van der Waals surface area contributed by atoms with Gasteiger partial charge in [0.25, 0.3) is 5.56 Å². The van der Waals surface area contributed by atoms with Crippen LogP contribution in [-0.4, -0.2) is 21.9 Å². The van der Waals surface area contributed by atoms with E-state index in [1.807, 2.05) is 6.92 Å². The van der Waals surface area contributed by atoms with E-state index in [9.17, 15) is 14.0 Å². The van der Waals surface area contributed by atoms with Crippen molar-refractivity contribution < 1.29 is 13.9 Å². The molecule has 1 aromatic carbocycles. The number of nitrogens with zero attached hydrogens (tertiary/aromatic N) is 2. The molecule has 0 aliphatic heterocycles. The summed E-state index contributed by atoms with van der Waals surface area (Å²) in [6.45, 7) is 3.74. The Morgan fingerprint density at radius 2 is 1.86 bits per heavy atom. The van der Waals surface area contributed by atoms with Gasteiger partial charge in [-0.15, -0.1) is 0 Å². The standard InChI is InChI=1S/C15H17FN2O3/c1-4-12-13(15(20)21-5-2)14(19)18(17(12)3)11-8-6-10(16)7-9-11/h6-9H,4-5H2,1-3H3. The van der Waals surface area contributed by atoms with E-state index in [1.165, 1.54) is 28.9 Å². The van der Waals surface area contributed by atoms with Crippen LogP contribution >= 0.6 is 0 Å². The third-order valence-electron chi connectivity index (χ3n) is 3.27. The summed E-state index contributed by atoms with van der Waals surface area (Å²) in [7, 11) is 1.69. The number of carbonyl (C=O) groups is 1. The molecular formula is C15H17FN2O3. The van der Waals surface area contributed by atoms with E-state index >= 15 is 0 Å². The van der Waals surface area contributed by atoms with E-state index in [-0.39, 0.29) is 18.0 Å². The van der Waals surface area contributed by atoms with Gasteiger partial charge in [-0.1, -0.05) is 6.92 Å². The number of hydrogen-bond acceptors (Lipinski definition) is 3. The smallest absolute Gasteiger partial charge is 0.345 e. The number of benzene rings is 1. The number of halogens is 1. The van der Waals surface area contributed by atoms with E-state index < -0.39 is 11.5 Å². The fourth-order valence-corrected chi connectivity index (χ4v) is 2.33. The van der Waals surface area contributed by atoms with Gasteiger partial charge in [0.2, 0.25) is 0 Å². The molecule has 1 aromatic heterocycles. The molecule has 0 unspecified atom stereocenters. The third kappa shape index (κ3) is 2.61. The molecule has 0 N–H and O–H groups in total. The molecule has 0 aliphatic carbocycles. The van der Waals surface area contributed by atoms with Crippen LogP contribution in [0.3, 0.4) is 0 Å². The fraction of sp³-hybridized carbons (Fsp3) is 0.333. The second kappa shape index (κ2) is 5.95. The number of aromatic nitrogens is 2. The maximum atomic E-state index is 13.0. The number of esters is 1. The maximum absolute atomic E-state index is 13.0. The van der Waals surface area contributed by atoms with Crippen molar-refractivity contribution in [3.05, 3.63) is 51.7 Å². The molecule has 0 bridgehead atoms. The Balaban J connectivity index is 2.66. The van der Waals surface area contributed by atoms with Gasteiger partial charge in [0.15, 0.2) is 0 Å². The van der Waals surface area contributed by atoms with E-state index in [2.05, 4.69) is 0 Å². The Kier molecular flexibility index (Phi) is 4.26. The fourth-order valence-electron chi connectivity index (χ4n) is 2.33. The van der Waals surface area contributed by atoms with Crippen molar-refractivity contribution in [1.29, 1.82) is 0 Å². The molecule has 2 rings (SSSR count). The molecule has 0 spiro atoms. The van der Waals surface area contributed by atoms with E-state index in [1.54, 1.807) is 18.7 Å². The van der Waals surface area contributed by atoms with Crippen molar-refractivity contribution in [2.45, 2.75) is 20.3 Å². The van der Waals surface area contributed by atoms with Crippen LogP contribution in [0.1, 0.15) is 29.9 Å². The summed E-state index contributed by atoms with van der Waals surface area (Å²) in [5.74, 6) is -1.02. The first kappa shape index (κ1) is 15.0. The molecule has 0 saturated carbocycles. The molecule has 0 radical (unpaired) electrons. The molecule has 5 nitrogen and oxygen atoms in total. The minimum atomic E-state index is -0.629.